The molecule has 3 unspecified atom stereocenters. The predicted molar refractivity (Wildman–Crippen MR) is 52.8 cm³/mol. The highest BCUT2D eigenvalue weighted by Crippen LogP contribution is 2.58. The summed E-state index contributed by atoms with van der Waals surface area (Å²) in [5.74, 6) is -0.235. The second-order valence-electron chi connectivity index (χ2n) is 4.65. The average Bonchev–Trinajstić information content (AvgIpc) is 2.10. The average molecular weight is 201 g/mol. The minimum atomic E-state index is -0.791. The van der Waals surface area contributed by atoms with E-state index in [0.717, 1.165) is 19.3 Å². The van der Waals surface area contributed by atoms with Gasteiger partial charge in [0.15, 0.2) is 0 Å². The Morgan fingerprint density at radius 1 is 1.69 bits per heavy atom. The van der Waals surface area contributed by atoms with E-state index >= 15 is 0 Å². The summed E-state index contributed by atoms with van der Waals surface area (Å²) < 4.78 is 0.0597. The van der Waals surface area contributed by atoms with Gasteiger partial charge >= 0.3 is 5.97 Å². The molecular weight excluding hydrogens is 186 g/mol. The summed E-state index contributed by atoms with van der Waals surface area (Å²) in [4.78, 5) is 10.6. The van der Waals surface area contributed by atoms with Crippen molar-refractivity contribution in [1.82, 2.24) is 0 Å². The van der Waals surface area contributed by atoms with E-state index in [0.29, 0.717) is 5.92 Å². The number of hydrogen-bond donors (Lipinski definition) is 3. The molecule has 0 aromatic heterocycles. The van der Waals surface area contributed by atoms with Crippen LogP contribution in [-0.4, -0.2) is 21.4 Å². The molecule has 2 fully saturated rings. The fourth-order valence-corrected chi connectivity index (χ4v) is 3.48. The van der Waals surface area contributed by atoms with E-state index in [9.17, 15) is 4.79 Å². The molecule has 0 bridgehead atoms. The number of hydrogen-bond acceptors (Lipinski definition) is 3. The normalized spacial score (nSPS) is 48.3. The van der Waals surface area contributed by atoms with Gasteiger partial charge in [-0.15, -0.1) is 0 Å². The van der Waals surface area contributed by atoms with Gasteiger partial charge in [-0.3, -0.25) is 4.79 Å². The van der Waals surface area contributed by atoms with Crippen molar-refractivity contribution in [3.63, 3.8) is 0 Å². The van der Waals surface area contributed by atoms with Crippen LogP contribution in [0, 0.1) is 5.92 Å². The molecule has 3 N–H and O–H groups in total. The van der Waals surface area contributed by atoms with Crippen LogP contribution in [0.15, 0.2) is 0 Å². The third kappa shape index (κ3) is 1.46. The number of carbonyl (C=O) groups is 1. The monoisotopic (exact) mass is 201 g/mol. The van der Waals surface area contributed by atoms with Crippen molar-refractivity contribution >= 4 is 18.6 Å². The highest BCUT2D eigenvalue weighted by atomic mass is 32.1. The molecule has 2 aliphatic rings. The lowest BCUT2D eigenvalue weighted by Gasteiger charge is -2.40. The van der Waals surface area contributed by atoms with Gasteiger partial charge in [0, 0.05) is 10.3 Å². The van der Waals surface area contributed by atoms with Crippen LogP contribution in [0.25, 0.3) is 0 Å². The predicted octanol–water partition coefficient (Wildman–Crippen LogP) is 1.03. The van der Waals surface area contributed by atoms with Crippen molar-refractivity contribution in [2.45, 2.75) is 42.4 Å². The molecule has 0 spiro atoms. The second-order valence-corrected chi connectivity index (χ2v) is 5.54. The highest BCUT2D eigenvalue weighted by Gasteiger charge is 2.56. The van der Waals surface area contributed by atoms with Crippen molar-refractivity contribution in [2.24, 2.45) is 11.7 Å². The number of rotatable bonds is 2. The zero-order valence-corrected chi connectivity index (χ0v) is 8.39. The van der Waals surface area contributed by atoms with Crippen LogP contribution >= 0.6 is 12.6 Å². The van der Waals surface area contributed by atoms with Crippen LogP contribution in [-0.2, 0) is 4.79 Å². The van der Waals surface area contributed by atoms with Gasteiger partial charge in [-0.2, -0.15) is 12.6 Å². The third-order valence-corrected chi connectivity index (χ3v) is 4.25. The maximum absolute atomic E-state index is 10.6. The smallest absolute Gasteiger partial charge is 0.305 e. The highest BCUT2D eigenvalue weighted by molar-refractivity contribution is 7.81. The van der Waals surface area contributed by atoms with E-state index in [1.807, 2.05) is 0 Å². The number of thiol groups is 1. The first kappa shape index (κ1) is 9.34. The number of aliphatic carboxylic acids is 1. The Morgan fingerprint density at radius 3 is 2.69 bits per heavy atom. The molecule has 3 nitrogen and oxygen atoms in total. The van der Waals surface area contributed by atoms with Crippen molar-refractivity contribution in [2.75, 3.05) is 0 Å². The molecule has 0 saturated heterocycles. The summed E-state index contributed by atoms with van der Waals surface area (Å²) in [5.41, 5.74) is 5.54. The number of nitrogens with two attached hydrogens (primary N) is 1. The molecule has 3 atom stereocenters. The lowest BCUT2D eigenvalue weighted by molar-refractivity contribution is -0.138. The number of fused-ring (bicyclic) bond motifs is 1. The standard InChI is InChI=1S/C9H15NO2S/c10-8(4-7(11)12)3-6-1-2-9(6,13)5-8/h6,13H,1-5,10H2,(H,11,12). The second kappa shape index (κ2) is 2.64. The van der Waals surface area contributed by atoms with Crippen LogP contribution in [0.5, 0.6) is 0 Å². The van der Waals surface area contributed by atoms with Gasteiger partial charge in [0.05, 0.1) is 6.42 Å². The SMILES string of the molecule is NC1(CC(=O)O)CC2CCC2(S)C1. The van der Waals surface area contributed by atoms with E-state index in [2.05, 4.69) is 12.6 Å². The van der Waals surface area contributed by atoms with E-state index < -0.39 is 11.5 Å². The molecule has 0 aliphatic heterocycles. The molecule has 2 rings (SSSR count). The van der Waals surface area contributed by atoms with Gasteiger partial charge in [0.25, 0.3) is 0 Å². The van der Waals surface area contributed by atoms with Crippen LogP contribution in [0.4, 0.5) is 0 Å². The Balaban J connectivity index is 2.07. The zero-order valence-electron chi connectivity index (χ0n) is 7.49. The van der Waals surface area contributed by atoms with Gasteiger partial charge in [0.1, 0.15) is 0 Å². The molecule has 0 amide bonds. The Hall–Kier alpha value is -0.220. The largest absolute Gasteiger partial charge is 0.481 e. The Kier molecular flexibility index (Phi) is 1.90. The summed E-state index contributed by atoms with van der Waals surface area (Å²) in [5, 5.41) is 8.71. The van der Waals surface area contributed by atoms with Crippen LogP contribution in [0.2, 0.25) is 0 Å². The quantitative estimate of drug-likeness (QED) is 0.585. The lowest BCUT2D eigenvalue weighted by Crippen LogP contribution is -2.41. The molecule has 0 aromatic carbocycles. The lowest BCUT2D eigenvalue weighted by atomic mass is 9.75. The molecule has 13 heavy (non-hydrogen) atoms. The molecule has 2 saturated carbocycles. The summed E-state index contributed by atoms with van der Waals surface area (Å²) in [7, 11) is 0. The number of carboxylic acids is 1. The van der Waals surface area contributed by atoms with Gasteiger partial charge in [-0.05, 0) is 31.6 Å². The molecule has 0 aromatic rings. The van der Waals surface area contributed by atoms with Gasteiger partial charge in [-0.1, -0.05) is 0 Å². The molecule has 0 heterocycles. The van der Waals surface area contributed by atoms with Crippen LogP contribution in [0.3, 0.4) is 0 Å². The maximum atomic E-state index is 10.6. The topological polar surface area (TPSA) is 63.3 Å². The summed E-state index contributed by atoms with van der Waals surface area (Å²) >= 11 is 4.59. The molecule has 2 aliphatic carbocycles. The van der Waals surface area contributed by atoms with Gasteiger partial charge in [-0.25, -0.2) is 0 Å². The van der Waals surface area contributed by atoms with E-state index in [4.69, 9.17) is 10.8 Å². The zero-order chi connectivity index (χ0) is 9.69. The maximum Gasteiger partial charge on any atom is 0.305 e. The fraction of sp³-hybridized carbons (Fsp3) is 0.889. The van der Waals surface area contributed by atoms with Crippen LogP contribution in [0.1, 0.15) is 32.1 Å². The van der Waals surface area contributed by atoms with E-state index in [-0.39, 0.29) is 11.2 Å². The molecule has 0 radical (unpaired) electrons. The fourth-order valence-electron chi connectivity index (χ4n) is 2.81. The minimum Gasteiger partial charge on any atom is -0.481 e. The van der Waals surface area contributed by atoms with Crippen LogP contribution < -0.4 is 5.73 Å². The Morgan fingerprint density at radius 2 is 2.38 bits per heavy atom. The first-order valence-corrected chi connectivity index (χ1v) is 5.11. The van der Waals surface area contributed by atoms with E-state index in [1.165, 1.54) is 6.42 Å². The van der Waals surface area contributed by atoms with Crippen molar-refractivity contribution in [1.29, 1.82) is 0 Å². The molecule has 4 heteroatoms. The van der Waals surface area contributed by atoms with Gasteiger partial charge < -0.3 is 10.8 Å². The van der Waals surface area contributed by atoms with Crippen molar-refractivity contribution in [3.05, 3.63) is 0 Å². The Bertz CT molecular complexity index is 258. The summed E-state index contributed by atoms with van der Waals surface area (Å²) in [6.45, 7) is 0. The van der Waals surface area contributed by atoms with Crippen molar-refractivity contribution in [3.8, 4) is 0 Å². The summed E-state index contributed by atoms with van der Waals surface area (Å²) in [6, 6.07) is 0. The molecule has 74 valence electrons. The van der Waals surface area contributed by atoms with E-state index in [1.54, 1.807) is 0 Å². The number of carboxylic acid groups (broad SMARTS) is 1. The molecular formula is C9H15NO2S. The Labute approximate surface area is 83.1 Å². The van der Waals surface area contributed by atoms with Crippen molar-refractivity contribution < 1.29 is 9.90 Å². The third-order valence-electron chi connectivity index (χ3n) is 3.50. The first-order chi connectivity index (χ1) is 5.94. The summed E-state index contributed by atoms with van der Waals surface area (Å²) in [6.07, 6.45) is 3.95. The minimum absolute atomic E-state index is 0.0597. The van der Waals surface area contributed by atoms with Gasteiger partial charge in [0.2, 0.25) is 0 Å². The first-order valence-electron chi connectivity index (χ1n) is 4.67.